The molecular formula is C13H16FN3. The van der Waals surface area contributed by atoms with Gasteiger partial charge in [0.1, 0.15) is 5.82 Å². The third kappa shape index (κ3) is 2.53. The molecule has 1 heterocycles. The van der Waals surface area contributed by atoms with Gasteiger partial charge in [-0.15, -0.1) is 0 Å². The molecule has 17 heavy (non-hydrogen) atoms. The Morgan fingerprint density at radius 3 is 2.76 bits per heavy atom. The smallest absolute Gasteiger partial charge is 0.131 e. The highest BCUT2D eigenvalue weighted by Crippen LogP contribution is 2.25. The maximum atomic E-state index is 13.7. The summed E-state index contributed by atoms with van der Waals surface area (Å²) in [6, 6.07) is 6.80. The van der Waals surface area contributed by atoms with Crippen LogP contribution in [0, 0.1) is 5.82 Å². The number of rotatable bonds is 4. The van der Waals surface area contributed by atoms with Crippen molar-refractivity contribution in [3.63, 3.8) is 0 Å². The Bertz CT molecular complexity index is 505. The topological polar surface area (TPSA) is 29.9 Å². The van der Waals surface area contributed by atoms with E-state index in [1.807, 2.05) is 26.4 Å². The van der Waals surface area contributed by atoms with Crippen molar-refractivity contribution >= 4 is 0 Å². The van der Waals surface area contributed by atoms with Gasteiger partial charge in [0, 0.05) is 37.3 Å². The highest BCUT2D eigenvalue weighted by molar-refractivity contribution is 5.65. The van der Waals surface area contributed by atoms with Crippen molar-refractivity contribution < 1.29 is 4.39 Å². The summed E-state index contributed by atoms with van der Waals surface area (Å²) < 4.78 is 15.5. The molecule has 1 aromatic heterocycles. The fraction of sp³-hybridized carbons (Fsp3) is 0.308. The van der Waals surface area contributed by atoms with Gasteiger partial charge in [0.25, 0.3) is 0 Å². The number of halogens is 1. The molecule has 2 aromatic rings. The maximum Gasteiger partial charge on any atom is 0.131 e. The lowest BCUT2D eigenvalue weighted by Crippen LogP contribution is -2.11. The molecule has 0 aliphatic carbocycles. The van der Waals surface area contributed by atoms with Gasteiger partial charge in [-0.2, -0.15) is 5.10 Å². The highest BCUT2D eigenvalue weighted by Gasteiger charge is 2.12. The number of aromatic nitrogens is 2. The Balaban J connectivity index is 2.41. The van der Waals surface area contributed by atoms with Gasteiger partial charge in [0.2, 0.25) is 0 Å². The van der Waals surface area contributed by atoms with E-state index in [1.54, 1.807) is 16.8 Å². The SMILES string of the molecule is CNCCc1nn(C)cc1-c1ccccc1F. The summed E-state index contributed by atoms with van der Waals surface area (Å²) in [7, 11) is 3.75. The first kappa shape index (κ1) is 11.8. The second kappa shape index (κ2) is 5.10. The van der Waals surface area contributed by atoms with Gasteiger partial charge >= 0.3 is 0 Å². The van der Waals surface area contributed by atoms with Crippen LogP contribution in [0.15, 0.2) is 30.5 Å². The molecule has 0 radical (unpaired) electrons. The highest BCUT2D eigenvalue weighted by atomic mass is 19.1. The zero-order valence-electron chi connectivity index (χ0n) is 10.1. The van der Waals surface area contributed by atoms with E-state index in [0.717, 1.165) is 24.2 Å². The molecule has 0 bridgehead atoms. The molecule has 3 nitrogen and oxygen atoms in total. The van der Waals surface area contributed by atoms with Crippen LogP contribution >= 0.6 is 0 Å². The van der Waals surface area contributed by atoms with Gasteiger partial charge in [-0.25, -0.2) is 4.39 Å². The van der Waals surface area contributed by atoms with Crippen molar-refractivity contribution in [2.24, 2.45) is 7.05 Å². The van der Waals surface area contributed by atoms with Crippen LogP contribution in [-0.4, -0.2) is 23.4 Å². The van der Waals surface area contributed by atoms with E-state index in [0.29, 0.717) is 5.56 Å². The van der Waals surface area contributed by atoms with E-state index in [2.05, 4.69) is 10.4 Å². The summed E-state index contributed by atoms with van der Waals surface area (Å²) in [5, 5.41) is 7.45. The molecule has 0 saturated heterocycles. The largest absolute Gasteiger partial charge is 0.319 e. The third-order valence-corrected chi connectivity index (χ3v) is 2.68. The van der Waals surface area contributed by atoms with Crippen LogP contribution in [0.3, 0.4) is 0 Å². The molecule has 1 N–H and O–H groups in total. The Morgan fingerprint density at radius 2 is 2.06 bits per heavy atom. The average Bonchev–Trinajstić information content (AvgIpc) is 2.68. The minimum atomic E-state index is -0.203. The van der Waals surface area contributed by atoms with E-state index in [-0.39, 0.29) is 5.82 Å². The van der Waals surface area contributed by atoms with Gasteiger partial charge in [-0.1, -0.05) is 18.2 Å². The summed E-state index contributed by atoms with van der Waals surface area (Å²) in [5.74, 6) is -0.203. The Kier molecular flexibility index (Phi) is 3.54. The van der Waals surface area contributed by atoms with Crippen LogP contribution in [0.4, 0.5) is 4.39 Å². The molecule has 1 aromatic carbocycles. The Labute approximate surface area is 100 Å². The molecule has 0 amide bonds. The Morgan fingerprint density at radius 1 is 1.29 bits per heavy atom. The molecule has 90 valence electrons. The number of aryl methyl sites for hydroxylation is 1. The Hall–Kier alpha value is -1.68. The van der Waals surface area contributed by atoms with Crippen LogP contribution in [0.25, 0.3) is 11.1 Å². The molecule has 0 aliphatic heterocycles. The van der Waals surface area contributed by atoms with E-state index in [4.69, 9.17) is 0 Å². The van der Waals surface area contributed by atoms with Crippen molar-refractivity contribution in [3.8, 4) is 11.1 Å². The molecule has 0 saturated carbocycles. The van der Waals surface area contributed by atoms with Crippen molar-refractivity contribution in [2.45, 2.75) is 6.42 Å². The van der Waals surface area contributed by atoms with Crippen molar-refractivity contribution in [2.75, 3.05) is 13.6 Å². The molecular weight excluding hydrogens is 217 g/mol. The molecule has 4 heteroatoms. The number of benzene rings is 1. The standard InChI is InChI=1S/C13H16FN3/c1-15-8-7-13-11(9-17(2)16-13)10-5-3-4-6-12(10)14/h3-6,9,15H,7-8H2,1-2H3. The normalized spacial score (nSPS) is 10.8. The van der Waals surface area contributed by atoms with Gasteiger partial charge in [-0.05, 0) is 13.1 Å². The fourth-order valence-corrected chi connectivity index (χ4v) is 1.87. The lowest BCUT2D eigenvalue weighted by atomic mass is 10.0. The van der Waals surface area contributed by atoms with E-state index >= 15 is 0 Å². The van der Waals surface area contributed by atoms with Crippen LogP contribution in [-0.2, 0) is 13.5 Å². The number of nitrogens with zero attached hydrogens (tertiary/aromatic N) is 2. The second-order valence-corrected chi connectivity index (χ2v) is 4.00. The van der Waals surface area contributed by atoms with Crippen molar-refractivity contribution in [1.29, 1.82) is 0 Å². The lowest BCUT2D eigenvalue weighted by Gasteiger charge is -2.03. The zero-order chi connectivity index (χ0) is 12.3. The average molecular weight is 233 g/mol. The van der Waals surface area contributed by atoms with Gasteiger partial charge in [0.05, 0.1) is 5.69 Å². The summed E-state index contributed by atoms with van der Waals surface area (Å²) in [5.41, 5.74) is 2.42. The molecule has 0 aliphatic rings. The molecule has 0 unspecified atom stereocenters. The van der Waals surface area contributed by atoms with Gasteiger partial charge in [-0.3, -0.25) is 4.68 Å². The third-order valence-electron chi connectivity index (χ3n) is 2.68. The van der Waals surface area contributed by atoms with Crippen LogP contribution < -0.4 is 5.32 Å². The van der Waals surface area contributed by atoms with E-state index < -0.39 is 0 Å². The molecule has 0 fully saturated rings. The molecule has 0 atom stereocenters. The summed E-state index contributed by atoms with van der Waals surface area (Å²) in [4.78, 5) is 0. The quantitative estimate of drug-likeness (QED) is 0.875. The van der Waals surface area contributed by atoms with Gasteiger partial charge in [0.15, 0.2) is 0 Å². The minimum Gasteiger partial charge on any atom is -0.319 e. The second-order valence-electron chi connectivity index (χ2n) is 4.00. The summed E-state index contributed by atoms with van der Waals surface area (Å²) >= 11 is 0. The summed E-state index contributed by atoms with van der Waals surface area (Å²) in [6.45, 7) is 0.832. The zero-order valence-corrected chi connectivity index (χ0v) is 10.1. The van der Waals surface area contributed by atoms with E-state index in [1.165, 1.54) is 6.07 Å². The van der Waals surface area contributed by atoms with E-state index in [9.17, 15) is 4.39 Å². The predicted octanol–water partition coefficient (Wildman–Crippen LogP) is 1.99. The van der Waals surface area contributed by atoms with Gasteiger partial charge < -0.3 is 5.32 Å². The lowest BCUT2D eigenvalue weighted by molar-refractivity contribution is 0.631. The van der Waals surface area contributed by atoms with Crippen LogP contribution in [0.2, 0.25) is 0 Å². The first-order chi connectivity index (χ1) is 8.22. The van der Waals surface area contributed by atoms with Crippen molar-refractivity contribution in [1.82, 2.24) is 15.1 Å². The number of likely N-dealkylation sites (N-methyl/N-ethyl adjacent to an activating group) is 1. The molecule has 0 spiro atoms. The summed E-state index contributed by atoms with van der Waals surface area (Å²) in [6.07, 6.45) is 2.66. The number of nitrogens with one attached hydrogen (secondary N) is 1. The maximum absolute atomic E-state index is 13.7. The fourth-order valence-electron chi connectivity index (χ4n) is 1.87. The van der Waals surface area contributed by atoms with Crippen molar-refractivity contribution in [3.05, 3.63) is 42.0 Å². The van der Waals surface area contributed by atoms with Crippen LogP contribution in [0.5, 0.6) is 0 Å². The number of hydrogen-bond donors (Lipinski definition) is 1. The first-order valence-electron chi connectivity index (χ1n) is 5.64. The molecule has 2 rings (SSSR count). The van der Waals surface area contributed by atoms with Crippen LogP contribution in [0.1, 0.15) is 5.69 Å². The monoisotopic (exact) mass is 233 g/mol. The number of hydrogen-bond acceptors (Lipinski definition) is 2. The first-order valence-corrected chi connectivity index (χ1v) is 5.64. The predicted molar refractivity (Wildman–Crippen MR) is 66.2 cm³/mol. The minimum absolute atomic E-state index is 0.203.